The highest BCUT2D eigenvalue weighted by atomic mass is 35.5. The van der Waals surface area contributed by atoms with E-state index in [1.807, 2.05) is 0 Å². The zero-order valence-electron chi connectivity index (χ0n) is 9.19. The van der Waals surface area contributed by atoms with Gasteiger partial charge in [-0.2, -0.15) is 8.42 Å². The molecule has 1 aromatic carbocycles. The second-order valence-electron chi connectivity index (χ2n) is 3.72. The van der Waals surface area contributed by atoms with Gasteiger partial charge >= 0.3 is 0 Å². The van der Waals surface area contributed by atoms with Crippen molar-refractivity contribution in [2.24, 2.45) is 0 Å². The number of hydrogen-bond donors (Lipinski definition) is 1. The van der Waals surface area contributed by atoms with E-state index in [0.717, 1.165) is 0 Å². The summed E-state index contributed by atoms with van der Waals surface area (Å²) in [6.07, 6.45) is -0.235. The molecule has 0 aliphatic rings. The topological polar surface area (TPSA) is 63.6 Å². The zero-order chi connectivity index (χ0) is 12.5. The third-order valence-electron chi connectivity index (χ3n) is 1.79. The first-order valence-electron chi connectivity index (χ1n) is 4.66. The molecular weight excluding hydrogens is 252 g/mol. The molecule has 6 heteroatoms. The number of benzene rings is 1. The van der Waals surface area contributed by atoms with Crippen molar-refractivity contribution < 1.29 is 17.7 Å². The fourth-order valence-electron chi connectivity index (χ4n) is 1.24. The lowest BCUT2D eigenvalue weighted by Crippen LogP contribution is -2.10. The molecule has 90 valence electrons. The molecule has 1 aromatic rings. The SMILES string of the molecule is Cc1cc(Cl)c(OC(C)C)c(S(=O)(=O)O)c1. The summed E-state index contributed by atoms with van der Waals surface area (Å²) in [6.45, 7) is 5.16. The van der Waals surface area contributed by atoms with Gasteiger partial charge in [0.1, 0.15) is 4.90 Å². The van der Waals surface area contributed by atoms with Crippen LogP contribution in [0.5, 0.6) is 5.75 Å². The van der Waals surface area contributed by atoms with E-state index in [1.165, 1.54) is 6.07 Å². The van der Waals surface area contributed by atoms with Crippen LogP contribution in [0, 0.1) is 6.92 Å². The lowest BCUT2D eigenvalue weighted by Gasteiger charge is -2.14. The monoisotopic (exact) mass is 264 g/mol. The van der Waals surface area contributed by atoms with Crippen molar-refractivity contribution in [2.45, 2.75) is 31.8 Å². The number of rotatable bonds is 3. The summed E-state index contributed by atoms with van der Waals surface area (Å²) in [6, 6.07) is 2.90. The fourth-order valence-corrected chi connectivity index (χ4v) is 2.34. The third-order valence-corrected chi connectivity index (χ3v) is 2.93. The number of hydrogen-bond acceptors (Lipinski definition) is 3. The molecule has 0 fully saturated rings. The first-order chi connectivity index (χ1) is 7.21. The first-order valence-corrected chi connectivity index (χ1v) is 6.48. The highest BCUT2D eigenvalue weighted by molar-refractivity contribution is 7.86. The standard InChI is InChI=1S/C10H13ClO4S/c1-6(2)15-10-8(11)4-7(3)5-9(10)16(12,13)14/h4-6H,1-3H3,(H,12,13,14). The minimum atomic E-state index is -4.33. The van der Waals surface area contributed by atoms with E-state index in [9.17, 15) is 8.42 Å². The normalized spacial score (nSPS) is 11.9. The second-order valence-corrected chi connectivity index (χ2v) is 5.51. The van der Waals surface area contributed by atoms with Crippen LogP contribution in [0.4, 0.5) is 0 Å². The minimum absolute atomic E-state index is 0.00948. The van der Waals surface area contributed by atoms with Crippen molar-refractivity contribution in [3.05, 3.63) is 22.7 Å². The van der Waals surface area contributed by atoms with Crippen LogP contribution in [0.15, 0.2) is 17.0 Å². The van der Waals surface area contributed by atoms with Crippen LogP contribution in [0.2, 0.25) is 5.02 Å². The van der Waals surface area contributed by atoms with Crippen molar-refractivity contribution in [3.63, 3.8) is 0 Å². The molecule has 4 nitrogen and oxygen atoms in total. The van der Waals surface area contributed by atoms with E-state index in [4.69, 9.17) is 20.9 Å². The molecule has 0 saturated carbocycles. The van der Waals surface area contributed by atoms with Gasteiger partial charge in [-0.05, 0) is 38.5 Å². The molecule has 0 unspecified atom stereocenters. The average Bonchev–Trinajstić information content (AvgIpc) is 2.06. The molecule has 0 saturated heterocycles. The molecule has 0 bridgehead atoms. The quantitative estimate of drug-likeness (QED) is 0.853. The van der Waals surface area contributed by atoms with Crippen LogP contribution in [0.3, 0.4) is 0 Å². The largest absolute Gasteiger partial charge is 0.488 e. The van der Waals surface area contributed by atoms with E-state index >= 15 is 0 Å². The molecule has 0 spiro atoms. The molecule has 16 heavy (non-hydrogen) atoms. The van der Waals surface area contributed by atoms with Gasteiger partial charge in [-0.25, -0.2) is 0 Å². The van der Waals surface area contributed by atoms with Gasteiger partial charge in [-0.3, -0.25) is 4.55 Å². The smallest absolute Gasteiger partial charge is 0.298 e. The summed E-state index contributed by atoms with van der Waals surface area (Å²) in [5.41, 5.74) is 0.633. The summed E-state index contributed by atoms with van der Waals surface area (Å²) in [7, 11) is -4.33. The van der Waals surface area contributed by atoms with E-state index in [2.05, 4.69) is 0 Å². The van der Waals surface area contributed by atoms with E-state index < -0.39 is 10.1 Å². The highest BCUT2D eigenvalue weighted by Crippen LogP contribution is 2.34. The van der Waals surface area contributed by atoms with Crippen molar-refractivity contribution >= 4 is 21.7 Å². The molecule has 0 aliphatic carbocycles. The molecule has 1 N–H and O–H groups in total. The van der Waals surface area contributed by atoms with Crippen molar-refractivity contribution in [1.29, 1.82) is 0 Å². The predicted molar refractivity (Wildman–Crippen MR) is 61.8 cm³/mol. The van der Waals surface area contributed by atoms with Gasteiger partial charge in [0.25, 0.3) is 10.1 Å². The summed E-state index contributed by atoms with van der Waals surface area (Å²) < 4.78 is 36.7. The Balaban J connectivity index is 3.45. The van der Waals surface area contributed by atoms with E-state index in [1.54, 1.807) is 26.8 Å². The van der Waals surface area contributed by atoms with Crippen LogP contribution in [-0.4, -0.2) is 19.1 Å². The maximum Gasteiger partial charge on any atom is 0.298 e. The third kappa shape index (κ3) is 3.10. The Morgan fingerprint density at radius 2 is 1.94 bits per heavy atom. The van der Waals surface area contributed by atoms with Gasteiger partial charge in [-0.1, -0.05) is 11.6 Å². The Kier molecular flexibility index (Phi) is 3.83. The number of ether oxygens (including phenoxy) is 1. The molecule has 0 atom stereocenters. The van der Waals surface area contributed by atoms with Crippen molar-refractivity contribution in [1.82, 2.24) is 0 Å². The minimum Gasteiger partial charge on any atom is -0.488 e. The zero-order valence-corrected chi connectivity index (χ0v) is 10.8. The maximum absolute atomic E-state index is 11.2. The number of aryl methyl sites for hydroxylation is 1. The Morgan fingerprint density at radius 3 is 2.38 bits per heavy atom. The van der Waals surface area contributed by atoms with Crippen molar-refractivity contribution in [3.8, 4) is 5.75 Å². The van der Waals surface area contributed by atoms with Crippen LogP contribution < -0.4 is 4.74 Å². The van der Waals surface area contributed by atoms with Gasteiger partial charge in [0.05, 0.1) is 11.1 Å². The summed E-state index contributed by atoms with van der Waals surface area (Å²) in [5, 5.41) is 0.168. The van der Waals surface area contributed by atoms with Crippen LogP contribution >= 0.6 is 11.6 Å². The molecule has 0 amide bonds. The summed E-state index contributed by atoms with van der Waals surface area (Å²) >= 11 is 5.88. The molecule has 0 radical (unpaired) electrons. The average molecular weight is 265 g/mol. The van der Waals surface area contributed by atoms with E-state index in [-0.39, 0.29) is 21.8 Å². The molecule has 1 rings (SSSR count). The fraction of sp³-hybridized carbons (Fsp3) is 0.400. The molecule has 0 aliphatic heterocycles. The van der Waals surface area contributed by atoms with Crippen molar-refractivity contribution in [2.75, 3.05) is 0 Å². The van der Waals surface area contributed by atoms with Gasteiger partial charge in [0.2, 0.25) is 0 Å². The first kappa shape index (κ1) is 13.3. The Hall–Kier alpha value is -0.780. The molecular formula is C10H13ClO4S. The number of halogens is 1. The van der Waals surface area contributed by atoms with Crippen LogP contribution in [-0.2, 0) is 10.1 Å². The Labute approximate surface area is 99.9 Å². The molecule has 0 heterocycles. The summed E-state index contributed by atoms with van der Waals surface area (Å²) in [5.74, 6) is -0.00948. The predicted octanol–water partition coefficient (Wildman–Crippen LogP) is 2.68. The highest BCUT2D eigenvalue weighted by Gasteiger charge is 2.21. The van der Waals surface area contributed by atoms with E-state index in [0.29, 0.717) is 5.56 Å². The summed E-state index contributed by atoms with van der Waals surface area (Å²) in [4.78, 5) is -0.300. The van der Waals surface area contributed by atoms with Gasteiger partial charge < -0.3 is 4.74 Å². The van der Waals surface area contributed by atoms with Crippen LogP contribution in [0.1, 0.15) is 19.4 Å². The molecule has 0 aromatic heterocycles. The Bertz CT molecular complexity index is 494. The van der Waals surface area contributed by atoms with Gasteiger partial charge in [-0.15, -0.1) is 0 Å². The lowest BCUT2D eigenvalue weighted by molar-refractivity contribution is 0.235. The van der Waals surface area contributed by atoms with Crippen LogP contribution in [0.25, 0.3) is 0 Å². The van der Waals surface area contributed by atoms with Gasteiger partial charge in [0, 0.05) is 0 Å². The second kappa shape index (κ2) is 4.61. The lowest BCUT2D eigenvalue weighted by atomic mass is 10.2. The van der Waals surface area contributed by atoms with Gasteiger partial charge in [0.15, 0.2) is 5.75 Å². The maximum atomic E-state index is 11.2. The Morgan fingerprint density at radius 1 is 1.38 bits per heavy atom.